The minimum absolute atomic E-state index is 0.547. The summed E-state index contributed by atoms with van der Waals surface area (Å²) < 4.78 is 6.93. The summed E-state index contributed by atoms with van der Waals surface area (Å²) >= 11 is 2.27. The number of hydrogen-bond acceptors (Lipinski definition) is 2. The lowest BCUT2D eigenvalue weighted by molar-refractivity contribution is 0.305. The molecule has 17 heavy (non-hydrogen) atoms. The van der Waals surface area contributed by atoms with E-state index in [1.807, 2.05) is 42.5 Å². The zero-order chi connectivity index (χ0) is 12.1. The molecule has 0 atom stereocenters. The molecule has 0 spiro atoms. The molecule has 0 unspecified atom stereocenters. The van der Waals surface area contributed by atoms with Crippen molar-refractivity contribution in [3.8, 4) is 5.75 Å². The summed E-state index contributed by atoms with van der Waals surface area (Å²) in [5.41, 5.74) is 7.97. The van der Waals surface area contributed by atoms with Gasteiger partial charge in [0.25, 0.3) is 0 Å². The van der Waals surface area contributed by atoms with E-state index in [0.29, 0.717) is 13.2 Å². The molecule has 0 aliphatic carbocycles. The zero-order valence-corrected chi connectivity index (χ0v) is 11.6. The van der Waals surface area contributed by atoms with E-state index in [1.165, 1.54) is 3.57 Å². The first-order valence-corrected chi connectivity index (χ1v) is 6.52. The Morgan fingerprint density at radius 1 is 1.00 bits per heavy atom. The molecule has 2 nitrogen and oxygen atoms in total. The third-order valence-electron chi connectivity index (χ3n) is 2.53. The van der Waals surface area contributed by atoms with E-state index in [9.17, 15) is 0 Å². The van der Waals surface area contributed by atoms with Crippen molar-refractivity contribution in [3.05, 3.63) is 63.2 Å². The number of halogens is 1. The van der Waals surface area contributed by atoms with E-state index < -0.39 is 0 Å². The highest BCUT2D eigenvalue weighted by molar-refractivity contribution is 14.1. The number of ether oxygens (including phenoxy) is 1. The van der Waals surface area contributed by atoms with Crippen LogP contribution in [0.2, 0.25) is 0 Å². The predicted molar refractivity (Wildman–Crippen MR) is 77.8 cm³/mol. The number of benzene rings is 2. The quantitative estimate of drug-likeness (QED) is 0.868. The van der Waals surface area contributed by atoms with Crippen molar-refractivity contribution in [2.75, 3.05) is 0 Å². The summed E-state index contributed by atoms with van der Waals surface area (Å²) in [5.74, 6) is 0.892. The van der Waals surface area contributed by atoms with Crippen LogP contribution >= 0.6 is 22.6 Å². The lowest BCUT2D eigenvalue weighted by atomic mass is 10.1. The van der Waals surface area contributed by atoms with Gasteiger partial charge in [0.15, 0.2) is 0 Å². The van der Waals surface area contributed by atoms with Gasteiger partial charge in [0.1, 0.15) is 12.4 Å². The standard InChI is InChI=1S/C14H14INO/c15-13-6-3-7-14(8-13)17-10-12-5-2-1-4-11(12)9-16/h1-8H,9-10,16H2. The van der Waals surface area contributed by atoms with Crippen molar-refractivity contribution in [3.63, 3.8) is 0 Å². The maximum atomic E-state index is 5.76. The maximum absolute atomic E-state index is 5.76. The zero-order valence-electron chi connectivity index (χ0n) is 9.40. The summed E-state index contributed by atoms with van der Waals surface area (Å²) in [7, 11) is 0. The van der Waals surface area contributed by atoms with Crippen LogP contribution in [0.1, 0.15) is 11.1 Å². The molecule has 2 aromatic carbocycles. The van der Waals surface area contributed by atoms with Crippen molar-refractivity contribution < 1.29 is 4.74 Å². The van der Waals surface area contributed by atoms with Crippen LogP contribution in [0.3, 0.4) is 0 Å². The maximum Gasteiger partial charge on any atom is 0.120 e. The summed E-state index contributed by atoms with van der Waals surface area (Å²) in [4.78, 5) is 0. The van der Waals surface area contributed by atoms with Gasteiger partial charge < -0.3 is 10.5 Å². The minimum Gasteiger partial charge on any atom is -0.489 e. The molecule has 2 aromatic rings. The first kappa shape index (κ1) is 12.4. The molecule has 0 amide bonds. The Hall–Kier alpha value is -1.07. The summed E-state index contributed by atoms with van der Waals surface area (Å²) in [5, 5.41) is 0. The van der Waals surface area contributed by atoms with Gasteiger partial charge in [-0.3, -0.25) is 0 Å². The predicted octanol–water partition coefficient (Wildman–Crippen LogP) is 3.33. The van der Waals surface area contributed by atoms with Crippen LogP contribution in [-0.4, -0.2) is 0 Å². The monoisotopic (exact) mass is 339 g/mol. The molecule has 88 valence electrons. The van der Waals surface area contributed by atoms with Crippen LogP contribution in [0.4, 0.5) is 0 Å². The molecule has 3 heteroatoms. The van der Waals surface area contributed by atoms with Crippen LogP contribution < -0.4 is 10.5 Å². The SMILES string of the molecule is NCc1ccccc1COc1cccc(I)c1. The highest BCUT2D eigenvalue weighted by Gasteiger charge is 2.01. The Bertz CT molecular complexity index is 499. The topological polar surface area (TPSA) is 35.2 Å². The Balaban J connectivity index is 2.07. The van der Waals surface area contributed by atoms with Gasteiger partial charge in [0, 0.05) is 10.1 Å². The first-order valence-electron chi connectivity index (χ1n) is 5.45. The summed E-state index contributed by atoms with van der Waals surface area (Å²) in [6.45, 7) is 1.11. The average molecular weight is 339 g/mol. The number of rotatable bonds is 4. The number of hydrogen-bond donors (Lipinski definition) is 1. The molecule has 0 bridgehead atoms. The third-order valence-corrected chi connectivity index (χ3v) is 3.20. The Labute approximate surface area is 115 Å². The van der Waals surface area contributed by atoms with Gasteiger partial charge >= 0.3 is 0 Å². The molecule has 0 heterocycles. The molecule has 0 aliphatic heterocycles. The Kier molecular flexibility index (Phi) is 4.39. The van der Waals surface area contributed by atoms with Gasteiger partial charge in [-0.05, 0) is 51.9 Å². The van der Waals surface area contributed by atoms with Gasteiger partial charge in [-0.25, -0.2) is 0 Å². The molecule has 0 fully saturated rings. The molecule has 0 aromatic heterocycles. The van der Waals surface area contributed by atoms with E-state index in [0.717, 1.165) is 16.9 Å². The first-order chi connectivity index (χ1) is 8.29. The summed E-state index contributed by atoms with van der Waals surface area (Å²) in [6.07, 6.45) is 0. The largest absolute Gasteiger partial charge is 0.489 e. The number of nitrogens with two attached hydrogens (primary N) is 1. The van der Waals surface area contributed by atoms with Crippen LogP contribution in [-0.2, 0) is 13.2 Å². The normalized spacial score (nSPS) is 10.2. The van der Waals surface area contributed by atoms with E-state index >= 15 is 0 Å². The van der Waals surface area contributed by atoms with Gasteiger partial charge in [-0.2, -0.15) is 0 Å². The Morgan fingerprint density at radius 2 is 1.76 bits per heavy atom. The molecule has 0 saturated heterocycles. The second-order valence-corrected chi connectivity index (χ2v) is 4.96. The molecular weight excluding hydrogens is 325 g/mol. The highest BCUT2D eigenvalue weighted by Crippen LogP contribution is 2.17. The van der Waals surface area contributed by atoms with Crippen LogP contribution in [0.15, 0.2) is 48.5 Å². The lowest BCUT2D eigenvalue weighted by Gasteiger charge is -2.09. The highest BCUT2D eigenvalue weighted by atomic mass is 127. The van der Waals surface area contributed by atoms with Crippen molar-refractivity contribution in [2.45, 2.75) is 13.2 Å². The fourth-order valence-electron chi connectivity index (χ4n) is 1.62. The van der Waals surface area contributed by atoms with Crippen LogP contribution in [0.25, 0.3) is 0 Å². The van der Waals surface area contributed by atoms with Crippen molar-refractivity contribution in [1.29, 1.82) is 0 Å². The van der Waals surface area contributed by atoms with Crippen molar-refractivity contribution in [1.82, 2.24) is 0 Å². The van der Waals surface area contributed by atoms with Gasteiger partial charge in [-0.1, -0.05) is 30.3 Å². The van der Waals surface area contributed by atoms with Crippen molar-refractivity contribution >= 4 is 22.6 Å². The van der Waals surface area contributed by atoms with E-state index in [4.69, 9.17) is 10.5 Å². The minimum atomic E-state index is 0.547. The van der Waals surface area contributed by atoms with E-state index in [2.05, 4.69) is 28.7 Å². The molecule has 0 aliphatic rings. The fraction of sp³-hybridized carbons (Fsp3) is 0.143. The smallest absolute Gasteiger partial charge is 0.120 e. The molecular formula is C14H14INO. The average Bonchev–Trinajstić information content (AvgIpc) is 2.37. The molecule has 2 N–H and O–H groups in total. The second-order valence-electron chi connectivity index (χ2n) is 3.72. The van der Waals surface area contributed by atoms with E-state index in [1.54, 1.807) is 0 Å². The van der Waals surface area contributed by atoms with Crippen LogP contribution in [0, 0.1) is 3.57 Å². The molecule has 0 saturated carbocycles. The lowest BCUT2D eigenvalue weighted by Crippen LogP contribution is -2.04. The van der Waals surface area contributed by atoms with Gasteiger partial charge in [0.05, 0.1) is 0 Å². The molecule has 0 radical (unpaired) electrons. The summed E-state index contributed by atoms with van der Waals surface area (Å²) in [6, 6.07) is 16.1. The second kappa shape index (κ2) is 6.02. The Morgan fingerprint density at radius 3 is 2.47 bits per heavy atom. The van der Waals surface area contributed by atoms with Gasteiger partial charge in [0.2, 0.25) is 0 Å². The molecule has 2 rings (SSSR count). The van der Waals surface area contributed by atoms with Gasteiger partial charge in [-0.15, -0.1) is 0 Å². The fourth-order valence-corrected chi connectivity index (χ4v) is 2.13. The van der Waals surface area contributed by atoms with Crippen molar-refractivity contribution in [2.24, 2.45) is 5.73 Å². The van der Waals surface area contributed by atoms with E-state index in [-0.39, 0.29) is 0 Å². The third kappa shape index (κ3) is 3.44. The van der Waals surface area contributed by atoms with Crippen LogP contribution in [0.5, 0.6) is 5.75 Å².